The lowest BCUT2D eigenvalue weighted by molar-refractivity contribution is -0.127. The van der Waals surface area contributed by atoms with E-state index in [2.05, 4.69) is 10.6 Å². The molecule has 1 saturated heterocycles. The Morgan fingerprint density at radius 2 is 2.18 bits per heavy atom. The summed E-state index contributed by atoms with van der Waals surface area (Å²) in [5.74, 6) is 0.548. The van der Waals surface area contributed by atoms with Gasteiger partial charge >= 0.3 is 0 Å². The Balaban J connectivity index is 1.97. The molecule has 6 heteroatoms. The van der Waals surface area contributed by atoms with Gasteiger partial charge in [-0.25, -0.2) is 0 Å². The smallest absolute Gasteiger partial charge is 0.266 e. The lowest BCUT2D eigenvalue weighted by atomic mass is 10.2. The highest BCUT2D eigenvalue weighted by Gasteiger charge is 2.19. The van der Waals surface area contributed by atoms with Crippen molar-refractivity contribution in [1.29, 1.82) is 5.26 Å². The van der Waals surface area contributed by atoms with Crippen molar-refractivity contribution >= 4 is 5.91 Å². The van der Waals surface area contributed by atoms with E-state index in [1.165, 1.54) is 6.20 Å². The first-order chi connectivity index (χ1) is 10.8. The van der Waals surface area contributed by atoms with Crippen LogP contribution in [0.3, 0.4) is 0 Å². The van der Waals surface area contributed by atoms with Crippen LogP contribution in [0.2, 0.25) is 0 Å². The van der Waals surface area contributed by atoms with Gasteiger partial charge in [0.1, 0.15) is 17.4 Å². The molecule has 2 rings (SSSR count). The molecule has 0 unspecified atom stereocenters. The zero-order valence-electron chi connectivity index (χ0n) is 12.6. The van der Waals surface area contributed by atoms with Gasteiger partial charge in [-0.1, -0.05) is 18.2 Å². The van der Waals surface area contributed by atoms with Crippen LogP contribution in [0.1, 0.15) is 5.56 Å². The quantitative estimate of drug-likeness (QED) is 0.616. The highest BCUT2D eigenvalue weighted by atomic mass is 16.5. The van der Waals surface area contributed by atoms with Crippen LogP contribution in [0.25, 0.3) is 0 Å². The summed E-state index contributed by atoms with van der Waals surface area (Å²) in [6.07, 6.45) is 1.48. The van der Waals surface area contributed by atoms with E-state index < -0.39 is 0 Å². The summed E-state index contributed by atoms with van der Waals surface area (Å²) in [6.45, 7) is 3.27. The van der Waals surface area contributed by atoms with Crippen LogP contribution in [0.4, 0.5) is 0 Å². The molecule has 6 nitrogen and oxygen atoms in total. The van der Waals surface area contributed by atoms with Crippen LogP contribution in [-0.2, 0) is 11.3 Å². The van der Waals surface area contributed by atoms with Crippen LogP contribution in [0.15, 0.2) is 36.0 Å². The summed E-state index contributed by atoms with van der Waals surface area (Å²) in [7, 11) is 1.61. The molecule has 1 aromatic rings. The Kier molecular flexibility index (Phi) is 5.81. The zero-order valence-corrected chi connectivity index (χ0v) is 12.6. The van der Waals surface area contributed by atoms with Crippen LogP contribution < -0.4 is 15.4 Å². The molecule has 1 aromatic carbocycles. The molecule has 22 heavy (non-hydrogen) atoms. The van der Waals surface area contributed by atoms with Crippen LogP contribution in [0, 0.1) is 11.3 Å². The van der Waals surface area contributed by atoms with Gasteiger partial charge in [0.2, 0.25) is 0 Å². The minimum atomic E-state index is -0.225. The van der Waals surface area contributed by atoms with Crippen LogP contribution >= 0.6 is 0 Å². The molecule has 0 aliphatic carbocycles. The normalized spacial score (nSPS) is 15.1. The van der Waals surface area contributed by atoms with Gasteiger partial charge in [-0.3, -0.25) is 4.79 Å². The zero-order chi connectivity index (χ0) is 15.8. The molecule has 0 radical (unpaired) electrons. The van der Waals surface area contributed by atoms with Gasteiger partial charge in [0.15, 0.2) is 0 Å². The molecule has 0 saturated carbocycles. The summed E-state index contributed by atoms with van der Waals surface area (Å²) < 4.78 is 5.26. The molecule has 0 bridgehead atoms. The molecule has 1 heterocycles. The number of rotatable bonds is 5. The highest BCUT2D eigenvalue weighted by Crippen LogP contribution is 2.16. The van der Waals surface area contributed by atoms with Gasteiger partial charge in [-0.05, 0) is 6.07 Å². The summed E-state index contributed by atoms with van der Waals surface area (Å²) in [4.78, 5) is 13.9. The first-order valence-electron chi connectivity index (χ1n) is 7.22. The van der Waals surface area contributed by atoms with E-state index in [-0.39, 0.29) is 11.5 Å². The van der Waals surface area contributed by atoms with Crippen molar-refractivity contribution in [2.45, 2.75) is 6.54 Å². The number of nitrogens with zero attached hydrogens (tertiary/aromatic N) is 2. The molecule has 116 valence electrons. The fourth-order valence-corrected chi connectivity index (χ4v) is 2.29. The van der Waals surface area contributed by atoms with Gasteiger partial charge in [0.05, 0.1) is 7.11 Å². The Labute approximate surface area is 130 Å². The van der Waals surface area contributed by atoms with Crippen molar-refractivity contribution in [2.24, 2.45) is 0 Å². The molecule has 1 aliphatic rings. The second kappa shape index (κ2) is 8.05. The largest absolute Gasteiger partial charge is 0.496 e. The molecule has 0 aromatic heterocycles. The monoisotopic (exact) mass is 300 g/mol. The Bertz CT molecular complexity index is 586. The maximum atomic E-state index is 12.2. The van der Waals surface area contributed by atoms with Crippen molar-refractivity contribution in [3.05, 3.63) is 41.6 Å². The number of hydrogen-bond acceptors (Lipinski definition) is 5. The van der Waals surface area contributed by atoms with Crippen molar-refractivity contribution < 1.29 is 9.53 Å². The fourth-order valence-electron chi connectivity index (χ4n) is 2.29. The Morgan fingerprint density at radius 1 is 1.45 bits per heavy atom. The standard InChI is InChI=1S/C16H20N4O2/c1-22-15-5-3-2-4-13(15)11-19-12-14(10-17)16(21)20-8-6-18-7-9-20/h2-5,12,18-19H,6-9,11H2,1H3/b14-12-. The molecular weight excluding hydrogens is 280 g/mol. The van der Waals surface area contributed by atoms with Gasteiger partial charge in [0, 0.05) is 44.5 Å². The van der Waals surface area contributed by atoms with Gasteiger partial charge in [0.25, 0.3) is 5.91 Å². The van der Waals surface area contributed by atoms with Crippen molar-refractivity contribution in [3.8, 4) is 11.8 Å². The number of carbonyl (C=O) groups excluding carboxylic acids is 1. The summed E-state index contributed by atoms with van der Waals surface area (Å²) in [6, 6.07) is 9.59. The van der Waals surface area contributed by atoms with Gasteiger partial charge < -0.3 is 20.3 Å². The third kappa shape index (κ3) is 3.99. The predicted octanol–water partition coefficient (Wildman–Crippen LogP) is 0.624. The van der Waals surface area contributed by atoms with E-state index in [0.717, 1.165) is 24.4 Å². The topological polar surface area (TPSA) is 77.4 Å². The second-order valence-corrected chi connectivity index (χ2v) is 4.90. The SMILES string of the molecule is COc1ccccc1CN/C=C(/C#N)C(=O)N1CCNCC1. The van der Waals surface area contributed by atoms with E-state index in [0.29, 0.717) is 19.6 Å². The summed E-state index contributed by atoms with van der Waals surface area (Å²) in [5.41, 5.74) is 1.09. The number of nitriles is 1. The number of piperazine rings is 1. The van der Waals surface area contributed by atoms with Gasteiger partial charge in [-0.15, -0.1) is 0 Å². The minimum absolute atomic E-state index is 0.122. The van der Waals surface area contributed by atoms with Crippen molar-refractivity contribution in [3.63, 3.8) is 0 Å². The molecule has 1 aliphatic heterocycles. The van der Waals surface area contributed by atoms with Crippen LogP contribution in [0.5, 0.6) is 5.75 Å². The molecule has 1 amide bonds. The summed E-state index contributed by atoms with van der Waals surface area (Å²) >= 11 is 0. The van der Waals surface area contributed by atoms with E-state index in [9.17, 15) is 10.1 Å². The number of para-hydroxylation sites is 1. The fraction of sp³-hybridized carbons (Fsp3) is 0.375. The lowest BCUT2D eigenvalue weighted by Gasteiger charge is -2.27. The summed E-state index contributed by atoms with van der Waals surface area (Å²) in [5, 5.41) is 15.4. The second-order valence-electron chi connectivity index (χ2n) is 4.90. The first kappa shape index (κ1) is 15.9. The van der Waals surface area contributed by atoms with Crippen molar-refractivity contribution in [2.75, 3.05) is 33.3 Å². The predicted molar refractivity (Wildman–Crippen MR) is 83.0 cm³/mol. The van der Waals surface area contributed by atoms with E-state index >= 15 is 0 Å². The molecule has 2 N–H and O–H groups in total. The molecular formula is C16H20N4O2. The number of ether oxygens (including phenoxy) is 1. The number of carbonyl (C=O) groups is 1. The maximum Gasteiger partial charge on any atom is 0.266 e. The number of benzene rings is 1. The first-order valence-corrected chi connectivity index (χ1v) is 7.22. The minimum Gasteiger partial charge on any atom is -0.496 e. The average molecular weight is 300 g/mol. The number of hydrogen-bond donors (Lipinski definition) is 2. The van der Waals surface area contributed by atoms with E-state index in [4.69, 9.17) is 4.74 Å². The molecule has 0 spiro atoms. The number of amides is 1. The number of methoxy groups -OCH3 is 1. The lowest BCUT2D eigenvalue weighted by Crippen LogP contribution is -2.46. The third-order valence-corrected chi connectivity index (χ3v) is 3.49. The Hall–Kier alpha value is -2.52. The van der Waals surface area contributed by atoms with E-state index in [1.807, 2.05) is 30.3 Å². The highest BCUT2D eigenvalue weighted by molar-refractivity contribution is 5.97. The van der Waals surface area contributed by atoms with Gasteiger partial charge in [-0.2, -0.15) is 5.26 Å². The van der Waals surface area contributed by atoms with Crippen molar-refractivity contribution in [1.82, 2.24) is 15.5 Å². The van der Waals surface area contributed by atoms with Crippen LogP contribution in [-0.4, -0.2) is 44.1 Å². The average Bonchev–Trinajstić information content (AvgIpc) is 2.59. The van der Waals surface area contributed by atoms with E-state index in [1.54, 1.807) is 12.0 Å². The molecule has 0 atom stereocenters. The number of nitrogens with one attached hydrogen (secondary N) is 2. The molecule has 1 fully saturated rings. The Morgan fingerprint density at radius 3 is 2.86 bits per heavy atom. The third-order valence-electron chi connectivity index (χ3n) is 3.49. The maximum absolute atomic E-state index is 12.2.